The van der Waals surface area contributed by atoms with E-state index in [4.69, 9.17) is 17.3 Å². The van der Waals surface area contributed by atoms with Crippen LogP contribution in [0.25, 0.3) is 0 Å². The number of likely N-dealkylation sites (tertiary alicyclic amines) is 1. The van der Waals surface area contributed by atoms with Crippen LogP contribution in [0.1, 0.15) is 49.9 Å². The molecule has 0 bridgehead atoms. The largest absolute Gasteiger partial charge is 0.369 e. The third kappa shape index (κ3) is 3.32. The first-order chi connectivity index (χ1) is 9.56. The minimum Gasteiger partial charge on any atom is -0.369 e. The number of aromatic nitrogens is 1. The molecule has 2 N–H and O–H groups in total. The summed E-state index contributed by atoms with van der Waals surface area (Å²) in [6.45, 7) is 5.12. The third-order valence-electron chi connectivity index (χ3n) is 4.11. The van der Waals surface area contributed by atoms with Gasteiger partial charge in [0, 0.05) is 18.0 Å². The summed E-state index contributed by atoms with van der Waals surface area (Å²) >= 11 is 7.50. The van der Waals surface area contributed by atoms with Crippen LogP contribution < -0.4 is 5.73 Å². The zero-order valence-corrected chi connectivity index (χ0v) is 13.6. The second kappa shape index (κ2) is 6.87. The highest BCUT2D eigenvalue weighted by Gasteiger charge is 2.34. The lowest BCUT2D eigenvalue weighted by atomic mass is 9.91. The summed E-state index contributed by atoms with van der Waals surface area (Å²) in [4.78, 5) is 18.5. The van der Waals surface area contributed by atoms with Gasteiger partial charge in [-0.3, -0.25) is 9.69 Å². The number of amides is 1. The fraction of sp³-hybridized carbons (Fsp3) is 0.714. The first-order valence-electron chi connectivity index (χ1n) is 7.12. The normalized spacial score (nSPS) is 25.6. The Labute approximate surface area is 129 Å². The van der Waals surface area contributed by atoms with Gasteiger partial charge in [-0.15, -0.1) is 22.9 Å². The van der Waals surface area contributed by atoms with Crippen molar-refractivity contribution < 1.29 is 4.79 Å². The van der Waals surface area contributed by atoms with E-state index in [-0.39, 0.29) is 17.9 Å². The number of thiazole rings is 1. The Morgan fingerprint density at radius 2 is 2.40 bits per heavy atom. The maximum atomic E-state index is 11.5. The van der Waals surface area contributed by atoms with Gasteiger partial charge in [-0.1, -0.05) is 6.92 Å². The van der Waals surface area contributed by atoms with Crippen LogP contribution in [0.2, 0.25) is 0 Å². The molecule has 0 aliphatic carbocycles. The lowest BCUT2D eigenvalue weighted by molar-refractivity contribution is -0.124. The van der Waals surface area contributed by atoms with E-state index in [1.807, 2.05) is 5.38 Å². The van der Waals surface area contributed by atoms with Crippen molar-refractivity contribution in [2.75, 3.05) is 6.54 Å². The molecule has 1 fully saturated rings. The van der Waals surface area contributed by atoms with Crippen LogP contribution in [0.3, 0.4) is 0 Å². The minimum atomic E-state index is -0.183. The van der Waals surface area contributed by atoms with Gasteiger partial charge in [-0.25, -0.2) is 4.98 Å². The Balaban J connectivity index is 2.18. The van der Waals surface area contributed by atoms with Crippen molar-refractivity contribution in [3.05, 3.63) is 16.1 Å². The maximum absolute atomic E-state index is 11.5. The van der Waals surface area contributed by atoms with Crippen molar-refractivity contribution in [1.82, 2.24) is 9.88 Å². The highest BCUT2D eigenvalue weighted by molar-refractivity contribution is 7.09. The summed E-state index contributed by atoms with van der Waals surface area (Å²) in [5.41, 5.74) is 6.42. The van der Waals surface area contributed by atoms with Crippen molar-refractivity contribution in [3.8, 4) is 0 Å². The molecule has 0 spiro atoms. The smallest absolute Gasteiger partial charge is 0.221 e. The topological polar surface area (TPSA) is 59.2 Å². The van der Waals surface area contributed by atoms with Gasteiger partial charge in [-0.05, 0) is 26.2 Å². The van der Waals surface area contributed by atoms with Gasteiger partial charge in [0.15, 0.2) is 0 Å². The number of carbonyl (C=O) groups is 1. The molecule has 0 radical (unpaired) electrons. The van der Waals surface area contributed by atoms with Crippen LogP contribution in [-0.4, -0.2) is 28.4 Å². The molecule has 3 unspecified atom stereocenters. The average Bonchev–Trinajstić information content (AvgIpc) is 2.90. The van der Waals surface area contributed by atoms with E-state index in [9.17, 15) is 4.79 Å². The van der Waals surface area contributed by atoms with Crippen LogP contribution in [0.15, 0.2) is 5.38 Å². The van der Waals surface area contributed by atoms with Crippen LogP contribution in [0, 0.1) is 5.92 Å². The van der Waals surface area contributed by atoms with Crippen LogP contribution in [0.5, 0.6) is 0 Å². The van der Waals surface area contributed by atoms with E-state index < -0.39 is 0 Å². The predicted octanol–water partition coefficient (Wildman–Crippen LogP) is 2.92. The number of rotatable bonds is 5. The summed E-state index contributed by atoms with van der Waals surface area (Å²) < 4.78 is 0. The molecule has 6 heteroatoms. The molecule has 1 aromatic heterocycles. The number of carbonyl (C=O) groups excluding carboxylic acids is 1. The van der Waals surface area contributed by atoms with Crippen LogP contribution >= 0.6 is 22.9 Å². The van der Waals surface area contributed by atoms with E-state index >= 15 is 0 Å². The van der Waals surface area contributed by atoms with E-state index in [0.29, 0.717) is 11.9 Å². The maximum Gasteiger partial charge on any atom is 0.221 e. The fourth-order valence-electron chi connectivity index (χ4n) is 2.89. The molecule has 1 amide bonds. The van der Waals surface area contributed by atoms with Gasteiger partial charge in [0.2, 0.25) is 5.91 Å². The summed E-state index contributed by atoms with van der Waals surface area (Å²) in [5.74, 6) is 0.233. The second-order valence-electron chi connectivity index (χ2n) is 5.46. The van der Waals surface area contributed by atoms with E-state index in [1.54, 1.807) is 11.3 Å². The zero-order valence-electron chi connectivity index (χ0n) is 12.0. The molecule has 112 valence electrons. The van der Waals surface area contributed by atoms with Crippen LogP contribution in [-0.2, 0) is 10.7 Å². The highest BCUT2D eigenvalue weighted by Crippen LogP contribution is 2.34. The Morgan fingerprint density at radius 1 is 1.65 bits per heavy atom. The number of hydrogen-bond acceptors (Lipinski definition) is 4. The van der Waals surface area contributed by atoms with Gasteiger partial charge in [0.05, 0.1) is 23.5 Å². The molecule has 1 aliphatic rings. The predicted molar refractivity (Wildman–Crippen MR) is 82.8 cm³/mol. The standard InChI is InChI=1S/C14H22ClN3OS/c1-3-12(14-17-11(6-15)8-20-14)18-7-10(13(16)19)5-4-9(18)2/h8-10,12H,3-7H2,1-2H3,(H2,16,19). The molecule has 20 heavy (non-hydrogen) atoms. The van der Waals surface area contributed by atoms with Crippen molar-refractivity contribution in [3.63, 3.8) is 0 Å². The monoisotopic (exact) mass is 315 g/mol. The number of nitrogens with two attached hydrogens (primary N) is 1. The Bertz CT molecular complexity index is 465. The number of primary amides is 1. The number of alkyl halides is 1. The Morgan fingerprint density at radius 3 is 2.95 bits per heavy atom. The molecule has 1 saturated heterocycles. The molecular formula is C14H22ClN3OS. The molecule has 1 aliphatic heterocycles. The Hall–Kier alpha value is -0.650. The molecule has 0 aromatic carbocycles. The van der Waals surface area contributed by atoms with E-state index in [1.165, 1.54) is 0 Å². The molecule has 3 atom stereocenters. The molecular weight excluding hydrogens is 294 g/mol. The number of halogens is 1. The summed E-state index contributed by atoms with van der Waals surface area (Å²) in [7, 11) is 0. The number of hydrogen-bond donors (Lipinski definition) is 1. The van der Waals surface area contributed by atoms with Crippen molar-refractivity contribution in [2.24, 2.45) is 11.7 Å². The Kier molecular flexibility index (Phi) is 5.41. The molecule has 2 heterocycles. The first kappa shape index (κ1) is 15.7. The fourth-order valence-corrected chi connectivity index (χ4v) is 4.14. The lowest BCUT2D eigenvalue weighted by Crippen LogP contribution is -2.47. The van der Waals surface area contributed by atoms with E-state index in [0.717, 1.165) is 36.5 Å². The quantitative estimate of drug-likeness (QED) is 0.850. The zero-order chi connectivity index (χ0) is 14.7. The SMILES string of the molecule is CCC(c1nc(CCl)cs1)N1CC(C(N)=O)CCC1C. The van der Waals surface area contributed by atoms with Crippen molar-refractivity contribution in [1.29, 1.82) is 0 Å². The second-order valence-corrected chi connectivity index (χ2v) is 6.61. The van der Waals surface area contributed by atoms with Crippen molar-refractivity contribution in [2.45, 2.75) is 51.1 Å². The summed E-state index contributed by atoms with van der Waals surface area (Å²) in [6.07, 6.45) is 2.89. The van der Waals surface area contributed by atoms with Gasteiger partial charge in [0.25, 0.3) is 0 Å². The molecule has 2 rings (SSSR count). The van der Waals surface area contributed by atoms with E-state index in [2.05, 4.69) is 23.7 Å². The summed E-state index contributed by atoms with van der Waals surface area (Å²) in [6, 6.07) is 0.716. The minimum absolute atomic E-state index is 0.0345. The van der Waals surface area contributed by atoms with Gasteiger partial charge in [-0.2, -0.15) is 0 Å². The number of piperidine rings is 1. The van der Waals surface area contributed by atoms with Gasteiger partial charge < -0.3 is 5.73 Å². The number of nitrogens with zero attached hydrogens (tertiary/aromatic N) is 2. The third-order valence-corrected chi connectivity index (χ3v) is 5.38. The van der Waals surface area contributed by atoms with Gasteiger partial charge in [0.1, 0.15) is 5.01 Å². The average molecular weight is 316 g/mol. The summed E-state index contributed by atoms with van der Waals surface area (Å²) in [5, 5.41) is 3.12. The lowest BCUT2D eigenvalue weighted by Gasteiger charge is -2.41. The van der Waals surface area contributed by atoms with Crippen LogP contribution in [0.4, 0.5) is 0 Å². The first-order valence-corrected chi connectivity index (χ1v) is 8.53. The molecule has 4 nitrogen and oxygen atoms in total. The van der Waals surface area contributed by atoms with Crippen molar-refractivity contribution >= 4 is 28.8 Å². The van der Waals surface area contributed by atoms with Gasteiger partial charge >= 0.3 is 0 Å². The molecule has 1 aromatic rings. The molecule has 0 saturated carbocycles. The highest BCUT2D eigenvalue weighted by atomic mass is 35.5.